The average Bonchev–Trinajstić information content (AvgIpc) is 2.95. The van der Waals surface area contributed by atoms with Gasteiger partial charge in [-0.25, -0.2) is 4.98 Å². The van der Waals surface area contributed by atoms with Gasteiger partial charge < -0.3 is 9.88 Å². The predicted octanol–water partition coefficient (Wildman–Crippen LogP) is 3.51. The van der Waals surface area contributed by atoms with Crippen molar-refractivity contribution in [2.45, 2.75) is 13.0 Å². The number of pyridine rings is 1. The molecule has 5 heteroatoms. The lowest BCUT2D eigenvalue weighted by Crippen LogP contribution is -2.25. The second kappa shape index (κ2) is 6.62. The molecule has 0 saturated carbocycles. The van der Waals surface area contributed by atoms with Crippen LogP contribution in [0.15, 0.2) is 54.9 Å². The highest BCUT2D eigenvalue weighted by Crippen LogP contribution is 2.15. The molecule has 22 heavy (non-hydrogen) atoms. The molecule has 3 aromatic rings. The van der Waals surface area contributed by atoms with E-state index in [1.54, 1.807) is 24.4 Å². The number of benzene rings is 1. The zero-order valence-electron chi connectivity index (χ0n) is 12.0. The zero-order chi connectivity index (χ0) is 15.4. The molecule has 4 nitrogen and oxygen atoms in total. The molecule has 0 aliphatic carbocycles. The van der Waals surface area contributed by atoms with Crippen LogP contribution in [0, 0.1) is 0 Å². The van der Waals surface area contributed by atoms with E-state index in [9.17, 15) is 4.79 Å². The van der Waals surface area contributed by atoms with Crippen LogP contribution in [0.3, 0.4) is 0 Å². The van der Waals surface area contributed by atoms with Crippen LogP contribution >= 0.6 is 11.6 Å². The van der Waals surface area contributed by atoms with Crippen molar-refractivity contribution in [3.05, 3.63) is 65.4 Å². The third-order valence-electron chi connectivity index (χ3n) is 3.50. The number of nitrogens with one attached hydrogen (secondary N) is 1. The molecular weight excluding hydrogens is 298 g/mol. The SMILES string of the molecule is O=C(NCCCn1ccc2cccnc21)c1ccccc1Cl. The van der Waals surface area contributed by atoms with Crippen molar-refractivity contribution >= 4 is 28.5 Å². The van der Waals surface area contributed by atoms with Gasteiger partial charge in [0.05, 0.1) is 10.6 Å². The molecule has 3 rings (SSSR count). The van der Waals surface area contributed by atoms with Gasteiger partial charge >= 0.3 is 0 Å². The summed E-state index contributed by atoms with van der Waals surface area (Å²) in [5.74, 6) is -0.138. The first-order chi connectivity index (χ1) is 10.8. The molecule has 0 aliphatic rings. The summed E-state index contributed by atoms with van der Waals surface area (Å²) in [5, 5.41) is 4.49. The highest BCUT2D eigenvalue weighted by atomic mass is 35.5. The number of hydrogen-bond donors (Lipinski definition) is 1. The first-order valence-electron chi connectivity index (χ1n) is 7.18. The Balaban J connectivity index is 1.54. The molecule has 1 amide bonds. The largest absolute Gasteiger partial charge is 0.352 e. The van der Waals surface area contributed by atoms with Crippen molar-refractivity contribution in [2.24, 2.45) is 0 Å². The minimum Gasteiger partial charge on any atom is -0.352 e. The van der Waals surface area contributed by atoms with Gasteiger partial charge in [0, 0.05) is 30.9 Å². The van der Waals surface area contributed by atoms with Gasteiger partial charge in [-0.05, 0) is 36.8 Å². The molecule has 0 radical (unpaired) electrons. The van der Waals surface area contributed by atoms with Crippen molar-refractivity contribution in [1.82, 2.24) is 14.9 Å². The smallest absolute Gasteiger partial charge is 0.252 e. The van der Waals surface area contributed by atoms with E-state index in [0.29, 0.717) is 17.1 Å². The van der Waals surface area contributed by atoms with E-state index < -0.39 is 0 Å². The second-order valence-electron chi connectivity index (χ2n) is 5.01. The number of amides is 1. The van der Waals surface area contributed by atoms with Gasteiger partial charge in [-0.3, -0.25) is 4.79 Å². The maximum Gasteiger partial charge on any atom is 0.252 e. The van der Waals surface area contributed by atoms with Gasteiger partial charge in [0.25, 0.3) is 5.91 Å². The van der Waals surface area contributed by atoms with Crippen LogP contribution in [0.4, 0.5) is 0 Å². The van der Waals surface area contributed by atoms with Crippen molar-refractivity contribution < 1.29 is 4.79 Å². The molecule has 0 fully saturated rings. The van der Waals surface area contributed by atoms with E-state index in [0.717, 1.165) is 24.0 Å². The summed E-state index contributed by atoms with van der Waals surface area (Å²) >= 11 is 6.01. The second-order valence-corrected chi connectivity index (χ2v) is 5.42. The first kappa shape index (κ1) is 14.6. The van der Waals surface area contributed by atoms with E-state index >= 15 is 0 Å². The molecule has 0 atom stereocenters. The standard InChI is InChI=1S/C17H16ClN3O/c18-15-7-2-1-6-14(15)17(22)20-10-4-11-21-12-8-13-5-3-9-19-16(13)21/h1-3,5-9,12H,4,10-11H2,(H,20,22). The Morgan fingerprint density at radius 1 is 1.18 bits per heavy atom. The van der Waals surface area contributed by atoms with Crippen LogP contribution in [0.5, 0.6) is 0 Å². The van der Waals surface area contributed by atoms with Gasteiger partial charge in [-0.1, -0.05) is 23.7 Å². The monoisotopic (exact) mass is 313 g/mol. The molecule has 112 valence electrons. The van der Waals surface area contributed by atoms with Gasteiger partial charge in [0.15, 0.2) is 0 Å². The van der Waals surface area contributed by atoms with E-state index in [1.807, 2.05) is 30.5 Å². The summed E-state index contributed by atoms with van der Waals surface area (Å²) in [5.41, 5.74) is 1.48. The lowest BCUT2D eigenvalue weighted by atomic mass is 10.2. The summed E-state index contributed by atoms with van der Waals surface area (Å²) < 4.78 is 2.09. The molecule has 0 bridgehead atoms. The number of aryl methyl sites for hydroxylation is 1. The van der Waals surface area contributed by atoms with Gasteiger partial charge in [-0.2, -0.15) is 0 Å². The number of carbonyl (C=O) groups excluding carboxylic acids is 1. The van der Waals surface area contributed by atoms with E-state index in [1.165, 1.54) is 0 Å². The fourth-order valence-corrected chi connectivity index (χ4v) is 2.61. The molecule has 0 spiro atoms. The van der Waals surface area contributed by atoms with Crippen molar-refractivity contribution in [1.29, 1.82) is 0 Å². The topological polar surface area (TPSA) is 46.9 Å². The number of aromatic nitrogens is 2. The van der Waals surface area contributed by atoms with E-state index in [4.69, 9.17) is 11.6 Å². The van der Waals surface area contributed by atoms with Crippen LogP contribution < -0.4 is 5.32 Å². The molecule has 0 aliphatic heterocycles. The third kappa shape index (κ3) is 3.12. The maximum atomic E-state index is 12.0. The fourth-order valence-electron chi connectivity index (χ4n) is 2.39. The van der Waals surface area contributed by atoms with Crippen LogP contribution in [0.1, 0.15) is 16.8 Å². The average molecular weight is 314 g/mol. The Hall–Kier alpha value is -2.33. The first-order valence-corrected chi connectivity index (χ1v) is 7.56. The summed E-state index contributed by atoms with van der Waals surface area (Å²) in [6, 6.07) is 13.1. The van der Waals surface area contributed by atoms with E-state index in [2.05, 4.69) is 14.9 Å². The molecule has 1 N–H and O–H groups in total. The molecule has 0 saturated heterocycles. The highest BCUT2D eigenvalue weighted by Gasteiger charge is 2.08. The highest BCUT2D eigenvalue weighted by molar-refractivity contribution is 6.33. The Kier molecular flexibility index (Phi) is 4.39. The van der Waals surface area contributed by atoms with Gasteiger partial charge in [0.1, 0.15) is 5.65 Å². The summed E-state index contributed by atoms with van der Waals surface area (Å²) in [6.45, 7) is 1.40. The van der Waals surface area contributed by atoms with Gasteiger partial charge in [0.2, 0.25) is 0 Å². The summed E-state index contributed by atoms with van der Waals surface area (Å²) in [4.78, 5) is 16.4. The fraction of sp³-hybridized carbons (Fsp3) is 0.176. The number of hydrogen-bond acceptors (Lipinski definition) is 2. The Morgan fingerprint density at radius 2 is 2.05 bits per heavy atom. The van der Waals surface area contributed by atoms with Crippen LogP contribution in [-0.2, 0) is 6.54 Å². The Bertz CT molecular complexity index is 797. The number of rotatable bonds is 5. The number of nitrogens with zero attached hydrogens (tertiary/aromatic N) is 2. The lowest BCUT2D eigenvalue weighted by molar-refractivity contribution is 0.0953. The zero-order valence-corrected chi connectivity index (χ0v) is 12.8. The third-order valence-corrected chi connectivity index (χ3v) is 3.83. The Labute approximate surface area is 133 Å². The Morgan fingerprint density at radius 3 is 2.91 bits per heavy atom. The van der Waals surface area contributed by atoms with Gasteiger partial charge in [-0.15, -0.1) is 0 Å². The molecule has 2 aromatic heterocycles. The summed E-state index contributed by atoms with van der Waals surface area (Å²) in [6.07, 6.45) is 4.64. The predicted molar refractivity (Wildman–Crippen MR) is 88.1 cm³/mol. The quantitative estimate of drug-likeness (QED) is 0.733. The van der Waals surface area contributed by atoms with Crippen LogP contribution in [0.25, 0.3) is 11.0 Å². The van der Waals surface area contributed by atoms with Crippen LogP contribution in [0.2, 0.25) is 5.02 Å². The van der Waals surface area contributed by atoms with Crippen molar-refractivity contribution in [2.75, 3.05) is 6.54 Å². The number of fused-ring (bicyclic) bond motifs is 1. The van der Waals surface area contributed by atoms with Crippen LogP contribution in [-0.4, -0.2) is 22.0 Å². The number of halogens is 1. The number of carbonyl (C=O) groups is 1. The molecular formula is C17H16ClN3O. The minimum atomic E-state index is -0.138. The lowest BCUT2D eigenvalue weighted by Gasteiger charge is -2.08. The molecule has 2 heterocycles. The van der Waals surface area contributed by atoms with Crippen molar-refractivity contribution in [3.63, 3.8) is 0 Å². The minimum absolute atomic E-state index is 0.138. The van der Waals surface area contributed by atoms with E-state index in [-0.39, 0.29) is 5.91 Å². The van der Waals surface area contributed by atoms with Crippen molar-refractivity contribution in [3.8, 4) is 0 Å². The summed E-state index contributed by atoms with van der Waals surface area (Å²) in [7, 11) is 0. The maximum absolute atomic E-state index is 12.0. The molecule has 0 unspecified atom stereocenters. The normalized spacial score (nSPS) is 10.8. The molecule has 1 aromatic carbocycles.